The van der Waals surface area contributed by atoms with Crippen molar-refractivity contribution in [3.05, 3.63) is 96.6 Å². The average Bonchev–Trinajstić information content (AvgIpc) is 3.51. The number of aromatic nitrogens is 2. The van der Waals surface area contributed by atoms with Crippen LogP contribution in [0.1, 0.15) is 22.1 Å². The number of benzene rings is 3. The van der Waals surface area contributed by atoms with Crippen LogP contribution in [0.25, 0.3) is 5.69 Å². The van der Waals surface area contributed by atoms with Crippen molar-refractivity contribution in [1.29, 1.82) is 0 Å². The SMILES string of the molecule is O=C1c2ccccc2N[C@@H](c2ccc(-n3ccnc3)cc2)N1c1ccc2c(c1)OCO2. The monoisotopic (exact) mass is 410 g/mol. The minimum absolute atomic E-state index is 0.0723. The van der Waals surface area contributed by atoms with Gasteiger partial charge in [0.15, 0.2) is 11.5 Å². The van der Waals surface area contributed by atoms with Crippen LogP contribution in [-0.4, -0.2) is 22.3 Å². The molecular formula is C24H18N4O3. The molecule has 0 fully saturated rings. The Morgan fingerprint density at radius 2 is 1.74 bits per heavy atom. The minimum atomic E-state index is -0.375. The quantitative estimate of drug-likeness (QED) is 0.543. The summed E-state index contributed by atoms with van der Waals surface area (Å²) in [5.74, 6) is 1.25. The second-order valence-electron chi connectivity index (χ2n) is 7.37. The van der Waals surface area contributed by atoms with Gasteiger partial charge in [0.25, 0.3) is 5.91 Å². The molecule has 6 rings (SSSR count). The molecule has 31 heavy (non-hydrogen) atoms. The molecule has 1 atom stereocenters. The van der Waals surface area contributed by atoms with Gasteiger partial charge in [-0.2, -0.15) is 0 Å². The number of ether oxygens (including phenoxy) is 2. The first-order valence-electron chi connectivity index (χ1n) is 9.95. The molecule has 3 heterocycles. The zero-order valence-corrected chi connectivity index (χ0v) is 16.4. The van der Waals surface area contributed by atoms with Crippen LogP contribution in [0.3, 0.4) is 0 Å². The summed E-state index contributed by atoms with van der Waals surface area (Å²) in [6, 6.07) is 21.2. The van der Waals surface area contributed by atoms with Gasteiger partial charge < -0.3 is 19.4 Å². The van der Waals surface area contributed by atoms with Crippen molar-refractivity contribution >= 4 is 17.3 Å². The number of imidazole rings is 1. The van der Waals surface area contributed by atoms with Crippen LogP contribution >= 0.6 is 0 Å². The van der Waals surface area contributed by atoms with Crippen molar-refractivity contribution < 1.29 is 14.3 Å². The Bertz CT molecular complexity index is 1270. The lowest BCUT2D eigenvalue weighted by atomic mass is 10.0. The summed E-state index contributed by atoms with van der Waals surface area (Å²) in [7, 11) is 0. The first-order valence-corrected chi connectivity index (χ1v) is 9.95. The maximum absolute atomic E-state index is 13.6. The van der Waals surface area contributed by atoms with Gasteiger partial charge in [0, 0.05) is 29.8 Å². The highest BCUT2D eigenvalue weighted by Crippen LogP contribution is 2.41. The van der Waals surface area contributed by atoms with Crippen LogP contribution in [0.2, 0.25) is 0 Å². The molecule has 7 nitrogen and oxygen atoms in total. The zero-order chi connectivity index (χ0) is 20.8. The van der Waals surface area contributed by atoms with Crippen molar-refractivity contribution in [3.63, 3.8) is 0 Å². The normalized spacial score (nSPS) is 16.7. The number of rotatable bonds is 3. The molecule has 0 aliphatic carbocycles. The predicted octanol–water partition coefficient (Wildman–Crippen LogP) is 4.37. The average molecular weight is 410 g/mol. The number of carbonyl (C=O) groups excluding carboxylic acids is 1. The molecule has 0 radical (unpaired) electrons. The predicted molar refractivity (Wildman–Crippen MR) is 116 cm³/mol. The molecule has 1 amide bonds. The Balaban J connectivity index is 1.44. The van der Waals surface area contributed by atoms with Gasteiger partial charge in [0.05, 0.1) is 17.6 Å². The fourth-order valence-corrected chi connectivity index (χ4v) is 4.03. The number of anilines is 2. The van der Waals surface area contributed by atoms with E-state index in [4.69, 9.17) is 9.47 Å². The molecule has 2 aliphatic rings. The van der Waals surface area contributed by atoms with Crippen molar-refractivity contribution in [2.75, 3.05) is 17.0 Å². The summed E-state index contributed by atoms with van der Waals surface area (Å²) < 4.78 is 12.9. The van der Waals surface area contributed by atoms with Crippen LogP contribution in [-0.2, 0) is 0 Å². The van der Waals surface area contributed by atoms with Gasteiger partial charge in [0.2, 0.25) is 6.79 Å². The summed E-state index contributed by atoms with van der Waals surface area (Å²) >= 11 is 0. The smallest absolute Gasteiger partial charge is 0.262 e. The maximum Gasteiger partial charge on any atom is 0.262 e. The summed E-state index contributed by atoms with van der Waals surface area (Å²) in [4.78, 5) is 19.4. The largest absolute Gasteiger partial charge is 0.454 e. The Labute approximate surface area is 178 Å². The number of hydrogen-bond acceptors (Lipinski definition) is 5. The van der Waals surface area contributed by atoms with E-state index in [9.17, 15) is 4.79 Å². The molecule has 0 saturated heterocycles. The zero-order valence-electron chi connectivity index (χ0n) is 16.4. The number of carbonyl (C=O) groups is 1. The molecular weight excluding hydrogens is 392 g/mol. The van der Waals surface area contributed by atoms with Crippen LogP contribution in [0.4, 0.5) is 11.4 Å². The third-order valence-corrected chi connectivity index (χ3v) is 5.57. The highest BCUT2D eigenvalue weighted by molar-refractivity contribution is 6.12. The van der Waals surface area contributed by atoms with Gasteiger partial charge in [0.1, 0.15) is 6.17 Å². The van der Waals surface area contributed by atoms with E-state index in [1.54, 1.807) is 17.4 Å². The van der Waals surface area contributed by atoms with Crippen molar-refractivity contribution in [1.82, 2.24) is 9.55 Å². The molecule has 3 aromatic carbocycles. The van der Waals surface area contributed by atoms with E-state index in [1.165, 1.54) is 0 Å². The third kappa shape index (κ3) is 2.90. The van der Waals surface area contributed by atoms with Gasteiger partial charge >= 0.3 is 0 Å². The summed E-state index contributed by atoms with van der Waals surface area (Å²) in [5.41, 5.74) is 4.14. The lowest BCUT2D eigenvalue weighted by molar-refractivity contribution is 0.0975. The number of nitrogens with one attached hydrogen (secondary N) is 1. The Hall–Kier alpha value is -4.26. The van der Waals surface area contributed by atoms with E-state index in [2.05, 4.69) is 10.3 Å². The summed E-state index contributed by atoms with van der Waals surface area (Å²) in [6.45, 7) is 0.187. The molecule has 1 aromatic heterocycles. The molecule has 0 saturated carbocycles. The Morgan fingerprint density at radius 3 is 2.58 bits per heavy atom. The van der Waals surface area contributed by atoms with E-state index in [0.29, 0.717) is 17.1 Å². The van der Waals surface area contributed by atoms with Crippen LogP contribution in [0, 0.1) is 0 Å². The summed E-state index contributed by atoms with van der Waals surface area (Å²) in [5, 5.41) is 3.53. The van der Waals surface area contributed by atoms with E-state index in [1.807, 2.05) is 77.5 Å². The molecule has 4 aromatic rings. The number of hydrogen-bond donors (Lipinski definition) is 1. The second-order valence-corrected chi connectivity index (χ2v) is 7.37. The van der Waals surface area contributed by atoms with Crippen LogP contribution in [0.5, 0.6) is 11.5 Å². The van der Waals surface area contributed by atoms with Crippen LogP contribution in [0.15, 0.2) is 85.5 Å². The number of fused-ring (bicyclic) bond motifs is 2. The maximum atomic E-state index is 13.6. The second kappa shape index (κ2) is 6.91. The van der Waals surface area contributed by atoms with Gasteiger partial charge in [-0.3, -0.25) is 9.69 Å². The standard InChI is InChI=1S/C24H18N4O3/c29-24-19-3-1-2-4-20(19)26-23(16-5-7-17(8-6-16)27-12-11-25-14-27)28(24)18-9-10-21-22(13-18)31-15-30-21/h1-14,23,26H,15H2/t23-/m1/s1. The van der Waals surface area contributed by atoms with Crippen LogP contribution < -0.4 is 19.7 Å². The first-order chi connectivity index (χ1) is 15.3. The van der Waals surface area contributed by atoms with Gasteiger partial charge in [-0.1, -0.05) is 24.3 Å². The fraction of sp³-hybridized carbons (Fsp3) is 0.0833. The van der Waals surface area contributed by atoms with Gasteiger partial charge in [-0.05, 0) is 42.0 Å². The first kappa shape index (κ1) is 17.6. The molecule has 0 unspecified atom stereocenters. The number of para-hydroxylation sites is 1. The van der Waals surface area contributed by atoms with Crippen molar-refractivity contribution in [3.8, 4) is 17.2 Å². The van der Waals surface area contributed by atoms with E-state index < -0.39 is 0 Å². The van der Waals surface area contributed by atoms with E-state index >= 15 is 0 Å². The third-order valence-electron chi connectivity index (χ3n) is 5.57. The fourth-order valence-electron chi connectivity index (χ4n) is 4.03. The number of nitrogens with zero attached hydrogens (tertiary/aromatic N) is 3. The topological polar surface area (TPSA) is 68.6 Å². The van der Waals surface area contributed by atoms with Gasteiger partial charge in [-0.15, -0.1) is 0 Å². The summed E-state index contributed by atoms with van der Waals surface area (Å²) in [6.07, 6.45) is 5.02. The van der Waals surface area contributed by atoms with Gasteiger partial charge in [-0.25, -0.2) is 4.98 Å². The highest BCUT2D eigenvalue weighted by Gasteiger charge is 2.34. The van der Waals surface area contributed by atoms with E-state index in [0.717, 1.165) is 22.6 Å². The Kier molecular flexibility index (Phi) is 3.92. The Morgan fingerprint density at radius 1 is 0.935 bits per heavy atom. The number of amides is 1. The molecule has 2 aliphatic heterocycles. The lowest BCUT2D eigenvalue weighted by Gasteiger charge is -2.38. The highest BCUT2D eigenvalue weighted by atomic mass is 16.7. The lowest BCUT2D eigenvalue weighted by Crippen LogP contribution is -2.43. The van der Waals surface area contributed by atoms with E-state index in [-0.39, 0.29) is 18.9 Å². The molecule has 1 N–H and O–H groups in total. The molecule has 0 bridgehead atoms. The minimum Gasteiger partial charge on any atom is -0.454 e. The molecule has 152 valence electrons. The molecule has 7 heteroatoms. The van der Waals surface area contributed by atoms with Crippen molar-refractivity contribution in [2.45, 2.75) is 6.17 Å². The van der Waals surface area contributed by atoms with Crippen molar-refractivity contribution in [2.24, 2.45) is 0 Å². The molecule has 0 spiro atoms.